The van der Waals surface area contributed by atoms with Crippen LogP contribution in [0.25, 0.3) is 0 Å². The smallest absolute Gasteiger partial charge is 0.296 e. The first kappa shape index (κ1) is 28.6. The molecule has 0 heterocycles. The molecule has 0 fully saturated rings. The number of amides is 2. The van der Waals surface area contributed by atoms with E-state index in [1.165, 1.54) is 36.4 Å². The third-order valence-corrected chi connectivity index (χ3v) is 7.79. The van der Waals surface area contributed by atoms with Crippen LogP contribution in [0.1, 0.15) is 31.8 Å². The summed E-state index contributed by atoms with van der Waals surface area (Å²) in [6.07, 6.45) is 0.105. The van der Waals surface area contributed by atoms with Crippen molar-refractivity contribution >= 4 is 43.4 Å². The average molecular weight is 581 g/mol. The number of carbonyl (C=O) groups is 2. The summed E-state index contributed by atoms with van der Waals surface area (Å²) in [6.45, 7) is 0. The molecule has 0 saturated heterocycles. The van der Waals surface area contributed by atoms with Crippen LogP contribution in [0, 0.1) is 0 Å². The third-order valence-electron chi connectivity index (χ3n) is 5.99. The van der Waals surface area contributed by atoms with Gasteiger partial charge in [-0.2, -0.15) is 16.8 Å². The predicted molar refractivity (Wildman–Crippen MR) is 149 cm³/mol. The van der Waals surface area contributed by atoms with Gasteiger partial charge >= 0.3 is 0 Å². The van der Waals surface area contributed by atoms with E-state index in [1.54, 1.807) is 48.5 Å². The first-order valence-corrected chi connectivity index (χ1v) is 14.7. The molecule has 0 aliphatic rings. The second kappa shape index (κ2) is 11.8. The molecular formula is C28H24N2O8S2. The van der Waals surface area contributed by atoms with Crippen molar-refractivity contribution in [1.29, 1.82) is 0 Å². The fourth-order valence-electron chi connectivity index (χ4n) is 4.10. The van der Waals surface area contributed by atoms with Gasteiger partial charge in [-0.05, 0) is 60.4 Å². The van der Waals surface area contributed by atoms with Crippen molar-refractivity contribution in [3.05, 3.63) is 119 Å². The Labute approximate surface area is 231 Å². The van der Waals surface area contributed by atoms with Crippen LogP contribution in [0.5, 0.6) is 0 Å². The van der Waals surface area contributed by atoms with Crippen LogP contribution >= 0.6 is 0 Å². The molecule has 12 heteroatoms. The van der Waals surface area contributed by atoms with Gasteiger partial charge in [0.1, 0.15) is 9.79 Å². The molecular weight excluding hydrogens is 556 g/mol. The molecule has 2 amide bonds. The molecule has 0 aliphatic heterocycles. The molecule has 0 aliphatic carbocycles. The van der Waals surface area contributed by atoms with Gasteiger partial charge in [0.15, 0.2) is 0 Å². The molecule has 4 N–H and O–H groups in total. The Morgan fingerprint density at radius 3 is 1.20 bits per heavy atom. The Morgan fingerprint density at radius 2 is 0.875 bits per heavy atom. The van der Waals surface area contributed by atoms with Crippen molar-refractivity contribution in [2.45, 2.75) is 22.6 Å². The summed E-state index contributed by atoms with van der Waals surface area (Å²) in [6, 6.07) is 24.3. The van der Waals surface area contributed by atoms with E-state index in [0.29, 0.717) is 11.1 Å². The second-order valence-corrected chi connectivity index (χ2v) is 11.5. The van der Waals surface area contributed by atoms with Crippen LogP contribution in [0.2, 0.25) is 0 Å². The Kier molecular flexibility index (Phi) is 8.45. The van der Waals surface area contributed by atoms with Crippen molar-refractivity contribution in [1.82, 2.24) is 0 Å². The maximum Gasteiger partial charge on any atom is 0.296 e. The monoisotopic (exact) mass is 580 g/mol. The number of nitrogens with one attached hydrogen (secondary N) is 2. The van der Waals surface area contributed by atoms with Gasteiger partial charge < -0.3 is 10.6 Å². The van der Waals surface area contributed by atoms with E-state index < -0.39 is 41.8 Å². The van der Waals surface area contributed by atoms with E-state index >= 15 is 0 Å². The minimum Gasteiger partial charge on any atom is -0.320 e. The highest BCUT2D eigenvalue weighted by atomic mass is 32.2. The number of anilines is 2. The highest BCUT2D eigenvalue weighted by molar-refractivity contribution is 7.86. The van der Waals surface area contributed by atoms with E-state index in [9.17, 15) is 35.5 Å². The Balaban J connectivity index is 1.72. The fraction of sp³-hybridized carbons (Fsp3) is 0.0714. The van der Waals surface area contributed by atoms with Crippen LogP contribution < -0.4 is 10.6 Å². The summed E-state index contributed by atoms with van der Waals surface area (Å²) in [5.74, 6) is -1.22. The normalized spacial score (nSPS) is 11.6. The maximum atomic E-state index is 12.9. The van der Waals surface area contributed by atoms with Crippen molar-refractivity contribution < 1.29 is 35.5 Å². The van der Waals surface area contributed by atoms with Gasteiger partial charge in [-0.3, -0.25) is 18.7 Å². The average Bonchev–Trinajstić information content (AvgIpc) is 2.92. The lowest BCUT2D eigenvalue weighted by Crippen LogP contribution is -2.18. The topological polar surface area (TPSA) is 167 Å². The minimum atomic E-state index is -4.73. The van der Waals surface area contributed by atoms with Crippen molar-refractivity contribution in [3.63, 3.8) is 0 Å². The van der Waals surface area contributed by atoms with Crippen molar-refractivity contribution in [3.8, 4) is 0 Å². The summed E-state index contributed by atoms with van der Waals surface area (Å²) in [7, 11) is -9.46. The molecule has 4 aromatic rings. The summed E-state index contributed by atoms with van der Waals surface area (Å²) in [4.78, 5) is 24.7. The van der Waals surface area contributed by atoms with Gasteiger partial charge in [-0.1, -0.05) is 60.7 Å². The molecule has 4 rings (SSSR count). The molecule has 0 atom stereocenters. The summed E-state index contributed by atoms with van der Waals surface area (Å²) < 4.78 is 68.1. The summed E-state index contributed by atoms with van der Waals surface area (Å²) in [5.41, 5.74) is 0.865. The van der Waals surface area contributed by atoms with Crippen LogP contribution in [0.4, 0.5) is 11.4 Å². The zero-order valence-corrected chi connectivity index (χ0v) is 22.4. The first-order valence-electron chi connectivity index (χ1n) is 11.9. The van der Waals surface area contributed by atoms with E-state index in [2.05, 4.69) is 10.6 Å². The van der Waals surface area contributed by atoms with E-state index in [-0.39, 0.29) is 35.3 Å². The highest BCUT2D eigenvalue weighted by Gasteiger charge is 2.23. The zero-order valence-electron chi connectivity index (χ0n) is 20.8. The molecule has 40 heavy (non-hydrogen) atoms. The number of carbonyl (C=O) groups excluding carboxylic acids is 2. The predicted octanol–water partition coefficient (Wildman–Crippen LogP) is 4.47. The van der Waals surface area contributed by atoms with Crippen molar-refractivity contribution in [2.24, 2.45) is 0 Å². The lowest BCUT2D eigenvalue weighted by atomic mass is 10.0. The Hall–Kier alpha value is -4.36. The number of para-hydroxylation sites is 2. The first-order chi connectivity index (χ1) is 18.9. The minimum absolute atomic E-state index is 0.0525. The van der Waals surface area contributed by atoms with Gasteiger partial charge in [0.25, 0.3) is 32.1 Å². The van der Waals surface area contributed by atoms with Gasteiger partial charge in [-0.25, -0.2) is 0 Å². The number of hydrogen-bond acceptors (Lipinski definition) is 6. The Bertz CT molecular complexity index is 1640. The summed E-state index contributed by atoms with van der Waals surface area (Å²) in [5, 5.41) is 5.12. The molecule has 0 saturated carbocycles. The SMILES string of the molecule is O=C(Nc1c(CCc2cccc(S(=O)(=O)O)c2NC(=O)c2ccccc2)cccc1S(=O)(=O)O)c1ccccc1. The fourth-order valence-corrected chi connectivity index (χ4v) is 5.48. The quantitative estimate of drug-likeness (QED) is 0.210. The second-order valence-electron chi connectivity index (χ2n) is 8.67. The standard InChI is InChI=1S/C28H24N2O8S2/c31-27(21-9-3-1-4-10-21)29-25-19(13-7-15-23(25)39(33,34)35)17-18-20-14-8-16-24(40(36,37)38)26(20)30-28(32)22-11-5-2-6-12-22/h1-16H,17-18H2,(H,29,31)(H,30,32)(H,33,34,35)(H,36,37,38). The molecule has 0 spiro atoms. The number of benzene rings is 4. The largest absolute Gasteiger partial charge is 0.320 e. The molecule has 206 valence electrons. The lowest BCUT2D eigenvalue weighted by molar-refractivity contribution is 0.101. The van der Waals surface area contributed by atoms with Crippen LogP contribution in [0.15, 0.2) is 107 Å². The molecule has 4 aromatic carbocycles. The molecule has 0 radical (unpaired) electrons. The van der Waals surface area contributed by atoms with Crippen LogP contribution in [-0.2, 0) is 33.1 Å². The molecule has 10 nitrogen and oxygen atoms in total. The van der Waals surface area contributed by atoms with Crippen LogP contribution in [0.3, 0.4) is 0 Å². The lowest BCUT2D eigenvalue weighted by Gasteiger charge is -2.17. The number of rotatable bonds is 9. The van der Waals surface area contributed by atoms with E-state index in [4.69, 9.17) is 0 Å². The number of hydrogen-bond donors (Lipinski definition) is 4. The van der Waals surface area contributed by atoms with E-state index in [0.717, 1.165) is 12.1 Å². The van der Waals surface area contributed by atoms with Gasteiger partial charge in [-0.15, -0.1) is 0 Å². The highest BCUT2D eigenvalue weighted by Crippen LogP contribution is 2.31. The zero-order chi connectivity index (χ0) is 28.9. The molecule has 0 unspecified atom stereocenters. The molecule has 0 aromatic heterocycles. The summed E-state index contributed by atoms with van der Waals surface area (Å²) >= 11 is 0. The van der Waals surface area contributed by atoms with Gasteiger partial charge in [0, 0.05) is 11.1 Å². The Morgan fingerprint density at radius 1 is 0.525 bits per heavy atom. The van der Waals surface area contributed by atoms with E-state index in [1.807, 2.05) is 0 Å². The molecule has 0 bridgehead atoms. The van der Waals surface area contributed by atoms with Gasteiger partial charge in [0.05, 0.1) is 11.4 Å². The van der Waals surface area contributed by atoms with Crippen LogP contribution in [-0.4, -0.2) is 37.8 Å². The number of aryl methyl sites for hydroxylation is 2. The van der Waals surface area contributed by atoms with Crippen molar-refractivity contribution in [2.75, 3.05) is 10.6 Å². The maximum absolute atomic E-state index is 12.9. The van der Waals surface area contributed by atoms with Gasteiger partial charge in [0.2, 0.25) is 0 Å². The third kappa shape index (κ3) is 6.79.